The first kappa shape index (κ1) is 15.0. The number of hydrogen-bond donors (Lipinski definition) is 2. The first-order valence-corrected chi connectivity index (χ1v) is 8.43. The highest BCUT2D eigenvalue weighted by Crippen LogP contribution is 2.51. The largest absolute Gasteiger partial charge is 0.478 e. The molecule has 24 heavy (non-hydrogen) atoms. The lowest BCUT2D eigenvalue weighted by Gasteiger charge is -2.39. The Labute approximate surface area is 142 Å². The average molecular weight is 319 g/mol. The molecule has 0 bridgehead atoms. The number of rotatable bonds is 2. The van der Waals surface area contributed by atoms with Gasteiger partial charge in [-0.05, 0) is 48.9 Å². The Morgan fingerprint density at radius 2 is 1.96 bits per heavy atom. The van der Waals surface area contributed by atoms with Crippen LogP contribution in [0.5, 0.6) is 0 Å². The molecule has 0 saturated carbocycles. The quantitative estimate of drug-likeness (QED) is 0.780. The zero-order valence-corrected chi connectivity index (χ0v) is 13.9. The van der Waals surface area contributed by atoms with Crippen LogP contribution >= 0.6 is 0 Å². The predicted octanol–water partition coefficient (Wildman–Crippen LogP) is 4.83. The highest BCUT2D eigenvalue weighted by atomic mass is 16.4. The topological polar surface area (TPSA) is 49.3 Å². The van der Waals surface area contributed by atoms with E-state index in [9.17, 15) is 9.90 Å². The van der Waals surface area contributed by atoms with Gasteiger partial charge in [0, 0.05) is 11.6 Å². The first-order valence-electron chi connectivity index (χ1n) is 8.43. The molecule has 0 aromatic heterocycles. The number of carbonyl (C=O) groups is 1. The van der Waals surface area contributed by atoms with Crippen molar-refractivity contribution >= 4 is 11.7 Å². The summed E-state index contributed by atoms with van der Waals surface area (Å²) in [5.41, 5.74) is 6.29. The lowest BCUT2D eigenvalue weighted by Crippen LogP contribution is -2.30. The summed E-state index contributed by atoms with van der Waals surface area (Å²) in [6.45, 7) is 4.25. The van der Waals surface area contributed by atoms with Gasteiger partial charge in [0.25, 0.3) is 0 Å². The van der Waals surface area contributed by atoms with Crippen molar-refractivity contribution in [3.8, 4) is 0 Å². The van der Waals surface area contributed by atoms with Crippen LogP contribution in [0.2, 0.25) is 0 Å². The fourth-order valence-corrected chi connectivity index (χ4v) is 4.34. The standard InChI is InChI=1S/C21H21NO2/c1-12-10-13(2)19-18(11-12)14-8-5-9-15(14)20(22-19)16-6-3-4-7-17(16)21(23)24/h3-8,10-11,14-15,20,22H,9H2,1-2H3,(H,23,24)/t14-,15-,20+/m1/s1. The summed E-state index contributed by atoms with van der Waals surface area (Å²) in [5.74, 6) is -0.146. The molecular formula is C21H21NO2. The number of nitrogens with one attached hydrogen (secondary N) is 1. The Kier molecular flexibility index (Phi) is 3.45. The predicted molar refractivity (Wildman–Crippen MR) is 95.7 cm³/mol. The van der Waals surface area contributed by atoms with E-state index < -0.39 is 5.97 Å². The van der Waals surface area contributed by atoms with Crippen molar-refractivity contribution in [3.05, 3.63) is 76.4 Å². The van der Waals surface area contributed by atoms with Gasteiger partial charge in [-0.15, -0.1) is 0 Å². The molecule has 0 saturated heterocycles. The monoisotopic (exact) mass is 319 g/mol. The van der Waals surface area contributed by atoms with Gasteiger partial charge >= 0.3 is 5.97 Å². The van der Waals surface area contributed by atoms with Crippen LogP contribution in [0, 0.1) is 19.8 Å². The van der Waals surface area contributed by atoms with Crippen molar-refractivity contribution in [1.82, 2.24) is 0 Å². The molecule has 2 N–H and O–H groups in total. The minimum atomic E-state index is -0.860. The Morgan fingerprint density at radius 3 is 2.75 bits per heavy atom. The number of fused-ring (bicyclic) bond motifs is 3. The maximum absolute atomic E-state index is 11.7. The number of carboxylic acid groups (broad SMARTS) is 1. The fourth-order valence-electron chi connectivity index (χ4n) is 4.34. The molecule has 1 heterocycles. The van der Waals surface area contributed by atoms with E-state index in [1.54, 1.807) is 12.1 Å². The molecule has 122 valence electrons. The number of aryl methyl sites for hydroxylation is 2. The van der Waals surface area contributed by atoms with Gasteiger partial charge in [-0.2, -0.15) is 0 Å². The summed E-state index contributed by atoms with van der Waals surface area (Å²) in [7, 11) is 0. The molecule has 0 radical (unpaired) electrons. The molecule has 3 heteroatoms. The van der Waals surface area contributed by atoms with E-state index >= 15 is 0 Å². The van der Waals surface area contributed by atoms with Gasteiger partial charge in [0.05, 0.1) is 11.6 Å². The third-order valence-electron chi connectivity index (χ3n) is 5.34. The van der Waals surface area contributed by atoms with E-state index in [0.29, 0.717) is 17.4 Å². The van der Waals surface area contributed by atoms with Gasteiger partial charge in [-0.25, -0.2) is 4.79 Å². The smallest absolute Gasteiger partial charge is 0.336 e. The zero-order chi connectivity index (χ0) is 16.8. The summed E-state index contributed by atoms with van der Waals surface area (Å²) in [6, 6.07) is 11.8. The van der Waals surface area contributed by atoms with Crippen LogP contribution < -0.4 is 5.32 Å². The van der Waals surface area contributed by atoms with Gasteiger partial charge in [0.15, 0.2) is 0 Å². The van der Waals surface area contributed by atoms with Crippen LogP contribution in [0.25, 0.3) is 0 Å². The molecule has 1 aliphatic heterocycles. The molecule has 4 rings (SSSR count). The summed E-state index contributed by atoms with van der Waals surface area (Å²) < 4.78 is 0. The van der Waals surface area contributed by atoms with Gasteiger partial charge in [-0.1, -0.05) is 48.0 Å². The average Bonchev–Trinajstić information content (AvgIpc) is 3.04. The number of hydrogen-bond acceptors (Lipinski definition) is 2. The summed E-state index contributed by atoms with van der Waals surface area (Å²) >= 11 is 0. The van der Waals surface area contributed by atoms with Crippen LogP contribution in [0.15, 0.2) is 48.6 Å². The van der Waals surface area contributed by atoms with E-state index in [1.807, 2.05) is 12.1 Å². The maximum Gasteiger partial charge on any atom is 0.336 e. The van der Waals surface area contributed by atoms with Crippen molar-refractivity contribution < 1.29 is 9.90 Å². The normalized spacial score (nSPS) is 24.2. The summed E-state index contributed by atoms with van der Waals surface area (Å²) in [4.78, 5) is 11.7. The number of carboxylic acids is 1. The van der Waals surface area contributed by atoms with Crippen LogP contribution in [0.1, 0.15) is 51.0 Å². The van der Waals surface area contributed by atoms with Crippen molar-refractivity contribution in [1.29, 1.82) is 0 Å². The van der Waals surface area contributed by atoms with Gasteiger partial charge in [0.2, 0.25) is 0 Å². The van der Waals surface area contributed by atoms with Crippen molar-refractivity contribution in [2.24, 2.45) is 5.92 Å². The number of allylic oxidation sites excluding steroid dienone is 2. The third-order valence-corrected chi connectivity index (χ3v) is 5.34. The van der Waals surface area contributed by atoms with Gasteiger partial charge < -0.3 is 10.4 Å². The fraction of sp³-hybridized carbons (Fsp3) is 0.286. The highest BCUT2D eigenvalue weighted by Gasteiger charge is 2.39. The lowest BCUT2D eigenvalue weighted by atomic mass is 9.75. The van der Waals surface area contributed by atoms with Gasteiger partial charge in [0.1, 0.15) is 0 Å². The van der Waals surface area contributed by atoms with Crippen LogP contribution in [-0.4, -0.2) is 11.1 Å². The molecule has 2 aliphatic rings. The molecule has 1 aliphatic carbocycles. The van der Waals surface area contributed by atoms with E-state index in [2.05, 4.69) is 43.4 Å². The molecule has 0 amide bonds. The maximum atomic E-state index is 11.7. The number of aromatic carboxylic acids is 1. The van der Waals surface area contributed by atoms with Crippen molar-refractivity contribution in [3.63, 3.8) is 0 Å². The lowest BCUT2D eigenvalue weighted by molar-refractivity contribution is 0.0694. The van der Waals surface area contributed by atoms with Crippen molar-refractivity contribution in [2.45, 2.75) is 32.2 Å². The Bertz CT molecular complexity index is 853. The molecule has 0 spiro atoms. The summed E-state index contributed by atoms with van der Waals surface area (Å²) in [6.07, 6.45) is 5.50. The molecule has 2 aromatic rings. The minimum absolute atomic E-state index is 0.0196. The number of anilines is 1. The second kappa shape index (κ2) is 5.52. The molecule has 3 nitrogen and oxygen atoms in total. The van der Waals surface area contributed by atoms with Crippen LogP contribution in [-0.2, 0) is 0 Å². The second-order valence-corrected chi connectivity index (χ2v) is 6.91. The van der Waals surface area contributed by atoms with Crippen LogP contribution in [0.4, 0.5) is 5.69 Å². The zero-order valence-electron chi connectivity index (χ0n) is 13.9. The van der Waals surface area contributed by atoms with Gasteiger partial charge in [-0.3, -0.25) is 0 Å². The second-order valence-electron chi connectivity index (χ2n) is 6.91. The number of benzene rings is 2. The Morgan fingerprint density at radius 1 is 1.17 bits per heavy atom. The first-order chi connectivity index (χ1) is 11.6. The van der Waals surface area contributed by atoms with E-state index in [4.69, 9.17) is 0 Å². The Hall–Kier alpha value is -2.55. The molecule has 2 aromatic carbocycles. The molecule has 0 unspecified atom stereocenters. The third kappa shape index (κ3) is 2.23. The van der Waals surface area contributed by atoms with Crippen molar-refractivity contribution in [2.75, 3.05) is 5.32 Å². The SMILES string of the molecule is Cc1cc(C)c2c(c1)[C@@H]1C=CC[C@H]1[C@@H](c1ccccc1C(=O)O)N2. The van der Waals surface area contributed by atoms with E-state index in [0.717, 1.165) is 12.0 Å². The molecular weight excluding hydrogens is 298 g/mol. The Balaban J connectivity index is 1.86. The summed E-state index contributed by atoms with van der Waals surface area (Å²) in [5, 5.41) is 13.3. The van der Waals surface area contributed by atoms with Crippen LogP contribution in [0.3, 0.4) is 0 Å². The molecule has 3 atom stereocenters. The van der Waals surface area contributed by atoms with E-state index in [1.165, 1.54) is 22.4 Å². The molecule has 0 fully saturated rings. The highest BCUT2D eigenvalue weighted by molar-refractivity contribution is 5.90. The minimum Gasteiger partial charge on any atom is -0.478 e. The van der Waals surface area contributed by atoms with E-state index in [-0.39, 0.29) is 6.04 Å².